The summed E-state index contributed by atoms with van der Waals surface area (Å²) in [4.78, 5) is 37.1. The molecule has 0 radical (unpaired) electrons. The summed E-state index contributed by atoms with van der Waals surface area (Å²) in [6.07, 6.45) is -0.403. The Morgan fingerprint density at radius 2 is 1.79 bits per heavy atom. The number of hydrogen-bond acceptors (Lipinski definition) is 4. The smallest absolute Gasteiger partial charge is 0.305 e. The molecule has 2 aromatic carbocycles. The van der Waals surface area contributed by atoms with E-state index in [1.165, 1.54) is 42.5 Å². The molecule has 144 valence electrons. The highest BCUT2D eigenvalue weighted by atomic mass is 35.5. The molecule has 28 heavy (non-hydrogen) atoms. The molecule has 1 heterocycles. The number of amides is 1. The van der Waals surface area contributed by atoms with E-state index in [1.54, 1.807) is 0 Å². The number of benzene rings is 2. The van der Waals surface area contributed by atoms with E-state index >= 15 is 0 Å². The van der Waals surface area contributed by atoms with Crippen molar-refractivity contribution in [2.75, 3.05) is 6.54 Å². The molecular formula is C20H15ClFNO5. The molecule has 1 amide bonds. The first kappa shape index (κ1) is 19.6. The molecule has 1 saturated heterocycles. The SMILES string of the molecule is O=C(O)CCN1C(=O)C(=O)/C(=C(/O)c2ccc(Cl)cc2)[C@@H]1c1cccc(F)c1. The minimum absolute atomic E-state index is 0.233. The van der Waals surface area contributed by atoms with Crippen LogP contribution in [0.3, 0.4) is 0 Å². The molecular weight excluding hydrogens is 389 g/mol. The number of ketones is 1. The average Bonchev–Trinajstić information content (AvgIpc) is 2.91. The van der Waals surface area contributed by atoms with E-state index in [2.05, 4.69) is 0 Å². The van der Waals surface area contributed by atoms with Gasteiger partial charge in [0.2, 0.25) is 0 Å². The van der Waals surface area contributed by atoms with Gasteiger partial charge in [0, 0.05) is 17.1 Å². The van der Waals surface area contributed by atoms with Crippen LogP contribution in [0.15, 0.2) is 54.1 Å². The molecule has 0 bridgehead atoms. The van der Waals surface area contributed by atoms with Crippen molar-refractivity contribution in [2.24, 2.45) is 0 Å². The molecule has 2 aromatic rings. The van der Waals surface area contributed by atoms with Gasteiger partial charge in [-0.1, -0.05) is 23.7 Å². The number of hydrogen-bond donors (Lipinski definition) is 2. The molecule has 0 saturated carbocycles. The highest BCUT2D eigenvalue weighted by molar-refractivity contribution is 6.46. The maximum Gasteiger partial charge on any atom is 0.305 e. The highest BCUT2D eigenvalue weighted by Gasteiger charge is 2.46. The number of carboxylic acids is 1. The first-order valence-corrected chi connectivity index (χ1v) is 8.69. The Morgan fingerprint density at radius 3 is 2.39 bits per heavy atom. The summed E-state index contributed by atoms with van der Waals surface area (Å²) in [5.41, 5.74) is 0.269. The van der Waals surface area contributed by atoms with Gasteiger partial charge in [-0.2, -0.15) is 0 Å². The Hall–Kier alpha value is -3.19. The van der Waals surface area contributed by atoms with Crippen LogP contribution in [0.25, 0.3) is 5.76 Å². The molecule has 0 spiro atoms. The van der Waals surface area contributed by atoms with E-state index in [4.69, 9.17) is 16.7 Å². The van der Waals surface area contributed by atoms with Crippen LogP contribution < -0.4 is 0 Å². The van der Waals surface area contributed by atoms with Gasteiger partial charge in [-0.3, -0.25) is 14.4 Å². The lowest BCUT2D eigenvalue weighted by Gasteiger charge is -2.24. The van der Waals surface area contributed by atoms with Gasteiger partial charge in [0.15, 0.2) is 0 Å². The highest BCUT2D eigenvalue weighted by Crippen LogP contribution is 2.39. The molecule has 0 aliphatic carbocycles. The Bertz CT molecular complexity index is 986. The van der Waals surface area contributed by atoms with E-state index in [1.807, 2.05) is 0 Å². The van der Waals surface area contributed by atoms with Crippen molar-refractivity contribution in [3.8, 4) is 0 Å². The van der Waals surface area contributed by atoms with Crippen LogP contribution in [0.5, 0.6) is 0 Å². The van der Waals surface area contributed by atoms with Gasteiger partial charge < -0.3 is 15.1 Å². The fourth-order valence-corrected chi connectivity index (χ4v) is 3.24. The Morgan fingerprint density at radius 1 is 1.11 bits per heavy atom. The molecule has 3 rings (SSSR count). The molecule has 1 aliphatic heterocycles. The summed E-state index contributed by atoms with van der Waals surface area (Å²) < 4.78 is 13.8. The fraction of sp³-hybridized carbons (Fsp3) is 0.150. The topological polar surface area (TPSA) is 94.9 Å². The zero-order valence-corrected chi connectivity index (χ0v) is 15.2. The van der Waals surface area contributed by atoms with Crippen LogP contribution in [0.1, 0.15) is 23.6 Å². The summed E-state index contributed by atoms with van der Waals surface area (Å²) in [6, 6.07) is 10.1. The third-order valence-corrected chi connectivity index (χ3v) is 4.64. The van der Waals surface area contributed by atoms with Crippen molar-refractivity contribution < 1.29 is 29.0 Å². The van der Waals surface area contributed by atoms with Crippen molar-refractivity contribution in [2.45, 2.75) is 12.5 Å². The number of likely N-dealkylation sites (tertiary alicyclic amines) is 1. The van der Waals surface area contributed by atoms with Crippen molar-refractivity contribution in [3.05, 3.63) is 76.1 Å². The largest absolute Gasteiger partial charge is 0.507 e. The van der Waals surface area contributed by atoms with E-state index in [9.17, 15) is 23.9 Å². The molecule has 6 nitrogen and oxygen atoms in total. The first-order chi connectivity index (χ1) is 13.3. The number of carbonyl (C=O) groups is 3. The second-order valence-corrected chi connectivity index (χ2v) is 6.63. The summed E-state index contributed by atoms with van der Waals surface area (Å²) in [6.45, 7) is -0.265. The molecule has 8 heteroatoms. The number of Topliss-reactive ketones (excluding diaryl/α,β-unsaturated/α-hetero) is 1. The number of aliphatic hydroxyl groups excluding tert-OH is 1. The minimum atomic E-state index is -1.16. The Kier molecular flexibility index (Phi) is 5.46. The Labute approximate surface area is 164 Å². The maximum atomic E-state index is 13.8. The molecule has 0 unspecified atom stereocenters. The zero-order valence-electron chi connectivity index (χ0n) is 14.4. The monoisotopic (exact) mass is 403 g/mol. The van der Waals surface area contributed by atoms with Gasteiger partial charge in [0.25, 0.3) is 11.7 Å². The number of halogens is 2. The second-order valence-electron chi connectivity index (χ2n) is 6.20. The quantitative estimate of drug-likeness (QED) is 0.453. The number of nitrogens with zero attached hydrogens (tertiary/aromatic N) is 1. The molecule has 1 fully saturated rings. The van der Waals surface area contributed by atoms with Gasteiger partial charge in [-0.25, -0.2) is 4.39 Å². The average molecular weight is 404 g/mol. The second kappa shape index (κ2) is 7.82. The third-order valence-electron chi connectivity index (χ3n) is 4.39. The van der Waals surface area contributed by atoms with Crippen molar-refractivity contribution >= 4 is 35.0 Å². The standard InChI is InChI=1S/C20H15ClFNO5/c21-13-6-4-11(5-7-13)18(26)16-17(12-2-1-3-14(22)10-12)23(9-8-15(24)25)20(28)19(16)27/h1-7,10,17,26H,8-9H2,(H,24,25)/b18-16+/t17-/m0/s1. The van der Waals surface area contributed by atoms with E-state index in [0.717, 1.165) is 11.0 Å². The number of carboxylic acid groups (broad SMARTS) is 1. The van der Waals surface area contributed by atoms with Gasteiger partial charge in [0.05, 0.1) is 18.0 Å². The van der Waals surface area contributed by atoms with Crippen LogP contribution in [-0.2, 0) is 14.4 Å². The third kappa shape index (κ3) is 3.75. The van der Waals surface area contributed by atoms with Crippen LogP contribution >= 0.6 is 11.6 Å². The van der Waals surface area contributed by atoms with Gasteiger partial charge in [0.1, 0.15) is 11.6 Å². The lowest BCUT2D eigenvalue weighted by Crippen LogP contribution is -2.31. The van der Waals surface area contributed by atoms with Gasteiger partial charge in [-0.15, -0.1) is 0 Å². The van der Waals surface area contributed by atoms with Crippen molar-refractivity contribution in [1.82, 2.24) is 4.90 Å². The maximum absolute atomic E-state index is 13.8. The van der Waals surface area contributed by atoms with Crippen LogP contribution in [0.2, 0.25) is 5.02 Å². The molecule has 1 aliphatic rings. The van der Waals surface area contributed by atoms with Crippen molar-refractivity contribution in [1.29, 1.82) is 0 Å². The molecule has 2 N–H and O–H groups in total. The Balaban J connectivity index is 2.16. The number of rotatable bonds is 5. The normalized spacial score (nSPS) is 18.5. The summed E-state index contributed by atoms with van der Waals surface area (Å²) in [5.74, 6) is -4.11. The number of aliphatic carboxylic acids is 1. The van der Waals surface area contributed by atoms with Crippen LogP contribution in [0, 0.1) is 5.82 Å². The summed E-state index contributed by atoms with van der Waals surface area (Å²) >= 11 is 5.84. The lowest BCUT2D eigenvalue weighted by atomic mass is 9.95. The van der Waals surface area contributed by atoms with E-state index in [-0.39, 0.29) is 23.2 Å². The zero-order chi connectivity index (χ0) is 20.4. The minimum Gasteiger partial charge on any atom is -0.507 e. The van der Waals surface area contributed by atoms with E-state index < -0.39 is 41.7 Å². The van der Waals surface area contributed by atoms with Crippen LogP contribution in [-0.4, -0.2) is 39.3 Å². The van der Waals surface area contributed by atoms with Gasteiger partial charge >= 0.3 is 5.97 Å². The van der Waals surface area contributed by atoms with Crippen LogP contribution in [0.4, 0.5) is 4.39 Å². The van der Waals surface area contributed by atoms with Gasteiger partial charge in [-0.05, 0) is 42.0 Å². The summed E-state index contributed by atoms with van der Waals surface area (Å²) in [5, 5.41) is 20.1. The first-order valence-electron chi connectivity index (χ1n) is 8.31. The fourth-order valence-electron chi connectivity index (χ4n) is 3.11. The lowest BCUT2D eigenvalue weighted by molar-refractivity contribution is -0.142. The van der Waals surface area contributed by atoms with Crippen molar-refractivity contribution in [3.63, 3.8) is 0 Å². The number of carbonyl (C=O) groups excluding carboxylic acids is 2. The predicted molar refractivity (Wildman–Crippen MR) is 99.1 cm³/mol. The summed E-state index contributed by atoms with van der Waals surface area (Å²) in [7, 11) is 0. The molecule has 0 aromatic heterocycles. The number of aliphatic hydroxyl groups is 1. The van der Waals surface area contributed by atoms with E-state index in [0.29, 0.717) is 5.02 Å². The molecule has 1 atom stereocenters. The predicted octanol–water partition coefficient (Wildman–Crippen LogP) is 3.38.